The van der Waals surface area contributed by atoms with Crippen LogP contribution in [-0.2, 0) is 0 Å². The molecular weight excluding hydrogens is 208 g/mol. The highest BCUT2D eigenvalue weighted by Crippen LogP contribution is 2.50. The summed E-state index contributed by atoms with van der Waals surface area (Å²) in [6.07, 6.45) is 14.2. The Labute approximate surface area is 106 Å². The molecule has 2 heteroatoms. The third kappa shape index (κ3) is 2.92. The normalized spacial score (nSPS) is 26.2. The van der Waals surface area contributed by atoms with Gasteiger partial charge in [0.1, 0.15) is 0 Å². The highest BCUT2D eigenvalue weighted by Gasteiger charge is 2.42. The van der Waals surface area contributed by atoms with Gasteiger partial charge in [0.25, 0.3) is 0 Å². The van der Waals surface area contributed by atoms with E-state index in [0.717, 1.165) is 19.5 Å². The van der Waals surface area contributed by atoms with Crippen molar-refractivity contribution in [2.24, 2.45) is 11.1 Å². The molecule has 0 aromatic carbocycles. The molecule has 0 atom stereocenters. The van der Waals surface area contributed by atoms with Crippen molar-refractivity contribution in [3.8, 4) is 0 Å². The molecule has 98 valence electrons. The maximum atomic E-state index is 6.02. The van der Waals surface area contributed by atoms with Crippen LogP contribution in [0.2, 0.25) is 0 Å². The molecule has 17 heavy (non-hydrogen) atoms. The summed E-state index contributed by atoms with van der Waals surface area (Å²) in [5, 5.41) is 3.70. The maximum absolute atomic E-state index is 6.02. The lowest BCUT2D eigenvalue weighted by atomic mass is 9.66. The SMILES string of the molecule is C=CCCNC1(CN)CCC2(CCCC2)CC1. The van der Waals surface area contributed by atoms with E-state index < -0.39 is 0 Å². The summed E-state index contributed by atoms with van der Waals surface area (Å²) >= 11 is 0. The summed E-state index contributed by atoms with van der Waals surface area (Å²) in [4.78, 5) is 0. The molecule has 3 N–H and O–H groups in total. The number of hydrogen-bond donors (Lipinski definition) is 2. The van der Waals surface area contributed by atoms with Crippen molar-refractivity contribution in [1.29, 1.82) is 0 Å². The molecule has 0 bridgehead atoms. The summed E-state index contributed by atoms with van der Waals surface area (Å²) in [5.74, 6) is 0. The highest BCUT2D eigenvalue weighted by molar-refractivity contribution is 5.00. The van der Waals surface area contributed by atoms with Gasteiger partial charge in [-0.3, -0.25) is 0 Å². The molecule has 0 amide bonds. The van der Waals surface area contributed by atoms with E-state index in [-0.39, 0.29) is 5.54 Å². The van der Waals surface area contributed by atoms with Crippen LogP contribution in [0.5, 0.6) is 0 Å². The van der Waals surface area contributed by atoms with Crippen molar-refractivity contribution in [3.05, 3.63) is 12.7 Å². The van der Waals surface area contributed by atoms with Gasteiger partial charge in [-0.15, -0.1) is 6.58 Å². The van der Waals surface area contributed by atoms with Crippen molar-refractivity contribution >= 4 is 0 Å². The summed E-state index contributed by atoms with van der Waals surface area (Å²) in [6.45, 7) is 5.61. The Hall–Kier alpha value is -0.340. The minimum atomic E-state index is 0.233. The number of nitrogens with two attached hydrogens (primary N) is 1. The van der Waals surface area contributed by atoms with Crippen molar-refractivity contribution in [3.63, 3.8) is 0 Å². The second kappa shape index (κ2) is 5.53. The third-order valence-corrected chi connectivity index (χ3v) is 5.17. The van der Waals surface area contributed by atoms with Crippen molar-refractivity contribution in [1.82, 2.24) is 5.32 Å². The molecule has 2 aliphatic rings. The molecule has 0 aliphatic heterocycles. The predicted molar refractivity (Wildman–Crippen MR) is 74.0 cm³/mol. The quantitative estimate of drug-likeness (QED) is 0.569. The van der Waals surface area contributed by atoms with Gasteiger partial charge in [0.05, 0.1) is 0 Å². The topological polar surface area (TPSA) is 38.0 Å². The zero-order valence-electron chi connectivity index (χ0n) is 11.1. The maximum Gasteiger partial charge on any atom is 0.0304 e. The Balaban J connectivity index is 1.87. The number of rotatable bonds is 5. The molecule has 0 radical (unpaired) electrons. The van der Waals surface area contributed by atoms with Crippen LogP contribution in [0.1, 0.15) is 57.8 Å². The molecule has 2 aliphatic carbocycles. The van der Waals surface area contributed by atoms with E-state index in [1.807, 2.05) is 6.08 Å². The molecule has 2 rings (SSSR count). The Kier molecular flexibility index (Phi) is 4.26. The smallest absolute Gasteiger partial charge is 0.0304 e. The minimum Gasteiger partial charge on any atom is -0.329 e. The van der Waals surface area contributed by atoms with Gasteiger partial charge in [-0.25, -0.2) is 0 Å². The van der Waals surface area contributed by atoms with Gasteiger partial charge in [-0.2, -0.15) is 0 Å². The van der Waals surface area contributed by atoms with Crippen LogP contribution in [-0.4, -0.2) is 18.6 Å². The van der Waals surface area contributed by atoms with Crippen molar-refractivity contribution in [2.45, 2.75) is 63.3 Å². The average molecular weight is 236 g/mol. The molecule has 0 aromatic rings. The van der Waals surface area contributed by atoms with E-state index in [9.17, 15) is 0 Å². The van der Waals surface area contributed by atoms with Crippen LogP contribution < -0.4 is 11.1 Å². The fraction of sp³-hybridized carbons (Fsp3) is 0.867. The molecule has 0 heterocycles. The Morgan fingerprint density at radius 3 is 2.24 bits per heavy atom. The first kappa shape index (κ1) is 13.1. The number of nitrogens with one attached hydrogen (secondary N) is 1. The third-order valence-electron chi connectivity index (χ3n) is 5.17. The fourth-order valence-electron chi connectivity index (χ4n) is 3.78. The fourth-order valence-corrected chi connectivity index (χ4v) is 3.78. The molecule has 0 aromatic heterocycles. The molecule has 2 saturated carbocycles. The average Bonchev–Trinajstić information content (AvgIpc) is 2.82. The summed E-state index contributed by atoms with van der Waals surface area (Å²) in [7, 11) is 0. The number of hydrogen-bond acceptors (Lipinski definition) is 2. The first-order valence-electron chi connectivity index (χ1n) is 7.30. The van der Waals surface area contributed by atoms with Crippen LogP contribution in [0, 0.1) is 5.41 Å². The van der Waals surface area contributed by atoms with Crippen molar-refractivity contribution in [2.75, 3.05) is 13.1 Å². The van der Waals surface area contributed by atoms with Gasteiger partial charge in [0.15, 0.2) is 0 Å². The second-order valence-corrected chi connectivity index (χ2v) is 6.20. The minimum absolute atomic E-state index is 0.233. The highest BCUT2D eigenvalue weighted by atomic mass is 15.0. The van der Waals surface area contributed by atoms with Crippen molar-refractivity contribution < 1.29 is 0 Å². The van der Waals surface area contributed by atoms with Gasteiger partial charge in [-0.05, 0) is 56.9 Å². The molecule has 2 nitrogen and oxygen atoms in total. The van der Waals surface area contributed by atoms with Gasteiger partial charge < -0.3 is 11.1 Å². The lowest BCUT2D eigenvalue weighted by Crippen LogP contribution is -2.54. The summed E-state index contributed by atoms with van der Waals surface area (Å²) < 4.78 is 0. The van der Waals surface area contributed by atoms with E-state index in [1.165, 1.54) is 51.4 Å². The zero-order valence-corrected chi connectivity index (χ0v) is 11.1. The van der Waals surface area contributed by atoms with E-state index in [0.29, 0.717) is 5.41 Å². The van der Waals surface area contributed by atoms with E-state index >= 15 is 0 Å². The largest absolute Gasteiger partial charge is 0.329 e. The lowest BCUT2D eigenvalue weighted by Gasteiger charge is -2.45. The van der Waals surface area contributed by atoms with Gasteiger partial charge in [-0.1, -0.05) is 18.9 Å². The van der Waals surface area contributed by atoms with E-state index in [4.69, 9.17) is 5.73 Å². The lowest BCUT2D eigenvalue weighted by molar-refractivity contribution is 0.115. The van der Waals surface area contributed by atoms with Gasteiger partial charge >= 0.3 is 0 Å². The second-order valence-electron chi connectivity index (χ2n) is 6.20. The molecule has 0 unspecified atom stereocenters. The van der Waals surface area contributed by atoms with E-state index in [2.05, 4.69) is 11.9 Å². The van der Waals surface area contributed by atoms with Crippen LogP contribution in [0.4, 0.5) is 0 Å². The van der Waals surface area contributed by atoms with E-state index in [1.54, 1.807) is 0 Å². The van der Waals surface area contributed by atoms with Crippen LogP contribution in [0.3, 0.4) is 0 Å². The van der Waals surface area contributed by atoms with Crippen LogP contribution >= 0.6 is 0 Å². The molecule has 1 spiro atoms. The molecule has 2 fully saturated rings. The zero-order chi connectivity index (χ0) is 12.2. The Bertz CT molecular complexity index is 244. The Morgan fingerprint density at radius 2 is 1.71 bits per heavy atom. The first-order valence-corrected chi connectivity index (χ1v) is 7.30. The summed E-state index contributed by atoms with van der Waals surface area (Å²) in [6, 6.07) is 0. The summed E-state index contributed by atoms with van der Waals surface area (Å²) in [5.41, 5.74) is 6.96. The van der Waals surface area contributed by atoms with Crippen LogP contribution in [0.15, 0.2) is 12.7 Å². The standard InChI is InChI=1S/C15H28N2/c1-2-3-12-17-15(13-16)10-8-14(9-11-15)6-4-5-7-14/h2,17H,1,3-13,16H2. The van der Waals surface area contributed by atoms with Gasteiger partial charge in [0.2, 0.25) is 0 Å². The van der Waals surface area contributed by atoms with Gasteiger partial charge in [0, 0.05) is 12.1 Å². The molecule has 0 saturated heterocycles. The first-order chi connectivity index (χ1) is 8.24. The predicted octanol–water partition coefficient (Wildman–Crippen LogP) is 2.98. The van der Waals surface area contributed by atoms with Crippen LogP contribution in [0.25, 0.3) is 0 Å². The molecular formula is C15H28N2. The Morgan fingerprint density at radius 1 is 1.06 bits per heavy atom. The monoisotopic (exact) mass is 236 g/mol.